The van der Waals surface area contributed by atoms with Crippen LogP contribution >= 0.6 is 0 Å². The van der Waals surface area contributed by atoms with Gasteiger partial charge in [0, 0.05) is 18.2 Å². The molecule has 1 amide bonds. The van der Waals surface area contributed by atoms with E-state index in [0.29, 0.717) is 24.5 Å². The number of aromatic nitrogens is 1. The maximum atomic E-state index is 12.5. The first kappa shape index (κ1) is 26.3. The van der Waals surface area contributed by atoms with Crippen molar-refractivity contribution in [3.05, 3.63) is 83.4 Å². The van der Waals surface area contributed by atoms with Crippen LogP contribution in [0.1, 0.15) is 38.9 Å². The van der Waals surface area contributed by atoms with Crippen molar-refractivity contribution in [1.82, 2.24) is 10.3 Å². The number of ether oxygens (including phenoxy) is 3. The number of phenolic OH excluding ortho intramolecular Hbond substituents is 1. The third-order valence-electron chi connectivity index (χ3n) is 4.83. The standard InChI is InChI=1S/C17H16N2O5.C7H4F4O/c1-23-17(22)11-5-4-10(9-13(11)20)16(21)19-12-6-8-24-14-3-2-7-18-15(12)14;8-5-3-1-2-4-6(5)12-7(9,10)11/h2-5,7,9,12,20H,6,8H2,1H3,(H,19,21);1-4H. The van der Waals surface area contributed by atoms with Gasteiger partial charge in [-0.05, 0) is 42.5 Å². The number of pyridine rings is 1. The number of fused-ring (bicyclic) bond motifs is 1. The molecule has 8 nitrogen and oxygen atoms in total. The summed E-state index contributed by atoms with van der Waals surface area (Å²) in [5.41, 5.74) is 0.920. The summed E-state index contributed by atoms with van der Waals surface area (Å²) in [5, 5.41) is 12.8. The monoisotopic (exact) mass is 508 g/mol. The average Bonchev–Trinajstić information content (AvgIpc) is 2.85. The Labute approximate surface area is 202 Å². The molecule has 1 aliphatic rings. The largest absolute Gasteiger partial charge is 0.573 e. The van der Waals surface area contributed by atoms with E-state index in [2.05, 4.69) is 19.8 Å². The third-order valence-corrected chi connectivity index (χ3v) is 4.83. The van der Waals surface area contributed by atoms with Crippen LogP contribution in [0.5, 0.6) is 17.2 Å². The van der Waals surface area contributed by atoms with Crippen LogP contribution in [0.3, 0.4) is 0 Å². The van der Waals surface area contributed by atoms with Crippen molar-refractivity contribution in [3.63, 3.8) is 0 Å². The van der Waals surface area contributed by atoms with Gasteiger partial charge in [0.05, 0.1) is 19.8 Å². The van der Waals surface area contributed by atoms with Gasteiger partial charge >= 0.3 is 12.3 Å². The van der Waals surface area contributed by atoms with Crippen molar-refractivity contribution in [3.8, 4) is 17.2 Å². The zero-order valence-electron chi connectivity index (χ0n) is 18.7. The summed E-state index contributed by atoms with van der Waals surface area (Å²) >= 11 is 0. The van der Waals surface area contributed by atoms with E-state index >= 15 is 0 Å². The van der Waals surface area contributed by atoms with Crippen LogP contribution < -0.4 is 14.8 Å². The summed E-state index contributed by atoms with van der Waals surface area (Å²) in [6.07, 6.45) is -2.60. The number of carbonyl (C=O) groups excluding carboxylic acids is 2. The van der Waals surface area contributed by atoms with E-state index in [-0.39, 0.29) is 28.8 Å². The number of phenols is 1. The quantitative estimate of drug-likeness (QED) is 0.393. The van der Waals surface area contributed by atoms with Gasteiger partial charge < -0.3 is 24.6 Å². The van der Waals surface area contributed by atoms with Gasteiger partial charge in [-0.15, -0.1) is 13.2 Å². The molecular formula is C24H20F4N2O6. The molecule has 36 heavy (non-hydrogen) atoms. The molecule has 0 spiro atoms. The Kier molecular flexibility index (Phi) is 8.30. The molecule has 2 N–H and O–H groups in total. The molecule has 3 aromatic rings. The second kappa shape index (κ2) is 11.4. The topological polar surface area (TPSA) is 107 Å². The molecule has 4 rings (SSSR count). The third kappa shape index (κ3) is 6.84. The fourth-order valence-electron chi connectivity index (χ4n) is 3.20. The number of carbonyl (C=O) groups is 2. The van der Waals surface area contributed by atoms with Gasteiger partial charge in [-0.3, -0.25) is 9.78 Å². The lowest BCUT2D eigenvalue weighted by Gasteiger charge is -2.25. The van der Waals surface area contributed by atoms with Crippen LogP contribution in [0.2, 0.25) is 0 Å². The molecule has 2 heterocycles. The fraction of sp³-hybridized carbons (Fsp3) is 0.208. The Balaban J connectivity index is 0.000000253. The van der Waals surface area contributed by atoms with E-state index in [1.165, 1.54) is 37.4 Å². The van der Waals surface area contributed by atoms with E-state index in [4.69, 9.17) is 4.74 Å². The number of aromatic hydroxyl groups is 1. The van der Waals surface area contributed by atoms with Crippen LogP contribution in [0.4, 0.5) is 17.6 Å². The van der Waals surface area contributed by atoms with Crippen molar-refractivity contribution in [2.75, 3.05) is 13.7 Å². The number of para-hydroxylation sites is 1. The van der Waals surface area contributed by atoms with Crippen molar-refractivity contribution in [1.29, 1.82) is 0 Å². The van der Waals surface area contributed by atoms with Crippen molar-refractivity contribution < 1.29 is 46.5 Å². The molecule has 0 aliphatic carbocycles. The number of rotatable bonds is 4. The van der Waals surface area contributed by atoms with Crippen LogP contribution in [-0.2, 0) is 4.74 Å². The lowest BCUT2D eigenvalue weighted by Crippen LogP contribution is -2.32. The van der Waals surface area contributed by atoms with Crippen molar-refractivity contribution in [2.24, 2.45) is 0 Å². The first-order valence-corrected chi connectivity index (χ1v) is 10.4. The summed E-state index contributed by atoms with van der Waals surface area (Å²) in [4.78, 5) is 28.1. The number of halogens is 4. The Morgan fingerprint density at radius 1 is 1.14 bits per heavy atom. The predicted molar refractivity (Wildman–Crippen MR) is 117 cm³/mol. The minimum Gasteiger partial charge on any atom is -0.507 e. The minimum absolute atomic E-state index is 0.00660. The van der Waals surface area contributed by atoms with Crippen LogP contribution in [0, 0.1) is 5.82 Å². The second-order valence-electron chi connectivity index (χ2n) is 7.25. The fourth-order valence-corrected chi connectivity index (χ4v) is 3.20. The van der Waals surface area contributed by atoms with Gasteiger partial charge in [-0.1, -0.05) is 12.1 Å². The molecule has 0 fully saturated rings. The minimum atomic E-state index is -4.85. The van der Waals surface area contributed by atoms with Gasteiger partial charge in [0.1, 0.15) is 22.8 Å². The van der Waals surface area contributed by atoms with Gasteiger partial charge in [-0.2, -0.15) is 0 Å². The zero-order chi connectivity index (χ0) is 26.3. The molecule has 2 aromatic carbocycles. The highest BCUT2D eigenvalue weighted by Gasteiger charge is 2.32. The number of benzene rings is 2. The highest BCUT2D eigenvalue weighted by atomic mass is 19.4. The maximum absolute atomic E-state index is 12.5. The Bertz CT molecular complexity index is 1240. The van der Waals surface area contributed by atoms with Gasteiger partial charge in [0.2, 0.25) is 0 Å². The molecule has 0 radical (unpaired) electrons. The van der Waals surface area contributed by atoms with Gasteiger partial charge in [-0.25, -0.2) is 9.18 Å². The molecule has 1 aliphatic heterocycles. The first-order valence-electron chi connectivity index (χ1n) is 10.4. The summed E-state index contributed by atoms with van der Waals surface area (Å²) < 4.78 is 60.5. The highest BCUT2D eigenvalue weighted by molar-refractivity contribution is 5.98. The van der Waals surface area contributed by atoms with Gasteiger partial charge in [0.25, 0.3) is 5.91 Å². The molecule has 12 heteroatoms. The highest BCUT2D eigenvalue weighted by Crippen LogP contribution is 2.30. The Morgan fingerprint density at radius 2 is 1.89 bits per heavy atom. The lowest BCUT2D eigenvalue weighted by atomic mass is 10.0. The van der Waals surface area contributed by atoms with Crippen LogP contribution in [-0.4, -0.2) is 42.0 Å². The second-order valence-corrected chi connectivity index (χ2v) is 7.25. The summed E-state index contributed by atoms with van der Waals surface area (Å²) in [6, 6.07) is 11.7. The maximum Gasteiger partial charge on any atom is 0.573 e. The number of esters is 1. The van der Waals surface area contributed by atoms with E-state index in [9.17, 15) is 32.3 Å². The number of hydrogen-bond acceptors (Lipinski definition) is 7. The molecule has 1 unspecified atom stereocenters. The number of nitrogens with zero attached hydrogens (tertiary/aromatic N) is 1. The average molecular weight is 508 g/mol. The van der Waals surface area contributed by atoms with Crippen molar-refractivity contribution >= 4 is 11.9 Å². The Morgan fingerprint density at radius 3 is 2.56 bits per heavy atom. The Hall–Kier alpha value is -4.35. The number of methoxy groups -OCH3 is 1. The first-order chi connectivity index (χ1) is 17.1. The molecular weight excluding hydrogens is 488 g/mol. The van der Waals surface area contributed by atoms with E-state index in [0.717, 1.165) is 12.1 Å². The summed E-state index contributed by atoms with van der Waals surface area (Å²) in [5.74, 6) is -2.54. The van der Waals surface area contributed by atoms with E-state index in [1.807, 2.05) is 0 Å². The van der Waals surface area contributed by atoms with E-state index in [1.54, 1.807) is 18.3 Å². The number of hydrogen-bond donors (Lipinski definition) is 2. The lowest BCUT2D eigenvalue weighted by molar-refractivity contribution is -0.275. The van der Waals surface area contributed by atoms with Crippen LogP contribution in [0.25, 0.3) is 0 Å². The van der Waals surface area contributed by atoms with Crippen molar-refractivity contribution in [2.45, 2.75) is 18.8 Å². The molecule has 0 saturated carbocycles. The smallest absolute Gasteiger partial charge is 0.507 e. The molecule has 1 aromatic heterocycles. The van der Waals surface area contributed by atoms with Crippen LogP contribution in [0.15, 0.2) is 60.8 Å². The molecule has 1 atom stereocenters. The summed E-state index contributed by atoms with van der Waals surface area (Å²) in [6.45, 7) is 0.482. The summed E-state index contributed by atoms with van der Waals surface area (Å²) in [7, 11) is 1.22. The predicted octanol–water partition coefficient (Wildman–Crippen LogP) is 4.55. The number of nitrogens with one attached hydrogen (secondary N) is 1. The SMILES string of the molecule is COC(=O)c1ccc(C(=O)NC2CCOc3cccnc32)cc1O.Fc1ccccc1OC(F)(F)F. The molecule has 0 bridgehead atoms. The van der Waals surface area contributed by atoms with E-state index < -0.39 is 23.9 Å². The number of amides is 1. The van der Waals surface area contributed by atoms with Gasteiger partial charge in [0.15, 0.2) is 11.6 Å². The zero-order valence-corrected chi connectivity index (χ0v) is 18.7. The molecule has 0 saturated heterocycles. The number of alkyl halides is 3. The normalized spacial score (nSPS) is 14.3. The molecule has 190 valence electrons.